The second-order valence-electron chi connectivity index (χ2n) is 3.44. The van der Waals surface area contributed by atoms with E-state index in [1.807, 2.05) is 12.4 Å². The van der Waals surface area contributed by atoms with Crippen molar-refractivity contribution in [1.29, 1.82) is 0 Å². The number of hydroxylamine groups is 1. The third kappa shape index (κ3) is 1.55. The fourth-order valence-electron chi connectivity index (χ4n) is 1.72. The second kappa shape index (κ2) is 4.08. The van der Waals surface area contributed by atoms with Crippen LogP contribution in [0.1, 0.15) is 20.8 Å². The summed E-state index contributed by atoms with van der Waals surface area (Å²) in [6.45, 7) is 5.80. The van der Waals surface area contributed by atoms with E-state index in [1.165, 1.54) is 5.01 Å². The third-order valence-electron chi connectivity index (χ3n) is 2.56. The van der Waals surface area contributed by atoms with E-state index in [0.29, 0.717) is 18.0 Å². The molecule has 0 saturated heterocycles. The molecule has 1 aliphatic rings. The molecule has 0 aromatic heterocycles. The van der Waals surface area contributed by atoms with Crippen LogP contribution in [0.5, 0.6) is 0 Å². The molecule has 1 atom stereocenters. The lowest BCUT2D eigenvalue weighted by atomic mass is 9.90. The van der Waals surface area contributed by atoms with Gasteiger partial charge in [-0.3, -0.25) is 9.79 Å². The molecular weight excluding hydrogens is 196 g/mol. The fourth-order valence-corrected chi connectivity index (χ4v) is 1.72. The van der Waals surface area contributed by atoms with E-state index in [9.17, 15) is 10.0 Å². The van der Waals surface area contributed by atoms with Crippen molar-refractivity contribution in [2.45, 2.75) is 26.3 Å². The molecule has 0 bridgehead atoms. The van der Waals surface area contributed by atoms with Gasteiger partial charge in [-0.2, -0.15) is 10.6 Å². The molecule has 0 spiro atoms. The van der Waals surface area contributed by atoms with E-state index in [4.69, 9.17) is 0 Å². The topological polar surface area (TPSA) is 77.3 Å². The van der Waals surface area contributed by atoms with Crippen molar-refractivity contribution in [2.75, 3.05) is 13.6 Å². The predicted octanol–water partition coefficient (Wildman–Crippen LogP) is 0.0327. The van der Waals surface area contributed by atoms with E-state index >= 15 is 0 Å². The first-order valence-corrected chi connectivity index (χ1v) is 4.77. The highest BCUT2D eigenvalue weighted by molar-refractivity contribution is 6.32. The van der Waals surface area contributed by atoms with E-state index in [-0.39, 0.29) is 5.91 Å². The minimum absolute atomic E-state index is 0.322. The molecule has 6 nitrogen and oxygen atoms in total. The summed E-state index contributed by atoms with van der Waals surface area (Å²) in [5, 5.41) is 14.4. The lowest BCUT2D eigenvalue weighted by Gasteiger charge is -2.25. The molecule has 0 aromatic carbocycles. The number of amides is 1. The molecule has 0 radical (unpaired) electrons. The summed E-state index contributed by atoms with van der Waals surface area (Å²) in [5.41, 5.74) is 1.78. The van der Waals surface area contributed by atoms with Gasteiger partial charge in [0, 0.05) is 19.3 Å². The Hall–Kier alpha value is -1.27. The van der Waals surface area contributed by atoms with Gasteiger partial charge in [-0.05, 0) is 20.8 Å². The molecule has 1 rings (SSSR count). The Morgan fingerprint density at radius 3 is 2.67 bits per heavy atom. The Labute approximate surface area is 88.6 Å². The second-order valence-corrected chi connectivity index (χ2v) is 3.44. The summed E-state index contributed by atoms with van der Waals surface area (Å²) in [5.74, 6) is -0.322. The maximum absolute atomic E-state index is 11.9. The molecular formula is C9H16N4O2. The van der Waals surface area contributed by atoms with E-state index in [1.54, 1.807) is 20.9 Å². The van der Waals surface area contributed by atoms with Crippen molar-refractivity contribution in [3.63, 3.8) is 0 Å². The average molecular weight is 212 g/mol. The number of carbonyl (C=O) groups is 1. The number of nitrogens with one attached hydrogen (secondary N) is 1. The Morgan fingerprint density at radius 2 is 2.33 bits per heavy atom. The van der Waals surface area contributed by atoms with Gasteiger partial charge in [-0.1, -0.05) is 0 Å². The van der Waals surface area contributed by atoms with Crippen LogP contribution in [-0.2, 0) is 4.79 Å². The Bertz CT molecular complexity index is 337. The molecule has 0 aromatic rings. The van der Waals surface area contributed by atoms with Crippen molar-refractivity contribution in [3.05, 3.63) is 0 Å². The smallest absolute Gasteiger partial charge is 0.276 e. The highest BCUT2D eigenvalue weighted by Crippen LogP contribution is 2.20. The molecule has 1 aliphatic heterocycles. The van der Waals surface area contributed by atoms with Crippen LogP contribution in [0.15, 0.2) is 10.1 Å². The standard InChI is InChI=1S/C9H16N4O2/c1-5-10-6(2)9(12-15)7(3)11-13(4)8(9)14/h12,15H,5H2,1-4H3. The van der Waals surface area contributed by atoms with E-state index in [2.05, 4.69) is 10.1 Å². The van der Waals surface area contributed by atoms with Crippen molar-refractivity contribution in [2.24, 2.45) is 10.1 Å². The van der Waals surface area contributed by atoms with Crippen LogP contribution in [0.2, 0.25) is 0 Å². The predicted molar refractivity (Wildman–Crippen MR) is 57.2 cm³/mol. The van der Waals surface area contributed by atoms with Crippen molar-refractivity contribution in [3.8, 4) is 0 Å². The van der Waals surface area contributed by atoms with Crippen LogP contribution in [0, 0.1) is 0 Å². The Morgan fingerprint density at radius 1 is 1.73 bits per heavy atom. The van der Waals surface area contributed by atoms with Crippen LogP contribution in [0.3, 0.4) is 0 Å². The number of hydrazone groups is 1. The Balaban J connectivity index is 3.22. The lowest BCUT2D eigenvalue weighted by Crippen LogP contribution is -2.60. The first-order valence-electron chi connectivity index (χ1n) is 4.77. The van der Waals surface area contributed by atoms with Crippen molar-refractivity contribution >= 4 is 17.3 Å². The normalized spacial score (nSPS) is 27.3. The minimum atomic E-state index is -1.27. The molecule has 1 heterocycles. The number of likely N-dealkylation sites (N-methyl/N-ethyl adjacent to an activating group) is 1. The molecule has 0 aliphatic carbocycles. The highest BCUT2D eigenvalue weighted by atomic mass is 16.5. The first-order chi connectivity index (χ1) is 7.00. The van der Waals surface area contributed by atoms with Gasteiger partial charge in [0.1, 0.15) is 0 Å². The summed E-state index contributed by atoms with van der Waals surface area (Å²) in [6, 6.07) is 0. The Kier molecular flexibility index (Phi) is 3.21. The number of hydrogen-bond donors (Lipinski definition) is 2. The minimum Gasteiger partial charge on any atom is -0.315 e. The summed E-state index contributed by atoms with van der Waals surface area (Å²) in [7, 11) is 1.55. The monoisotopic (exact) mass is 212 g/mol. The quantitative estimate of drug-likeness (QED) is 0.512. The van der Waals surface area contributed by atoms with Gasteiger partial charge in [0.25, 0.3) is 5.91 Å². The fraction of sp³-hybridized carbons (Fsp3) is 0.667. The van der Waals surface area contributed by atoms with Crippen LogP contribution in [0.25, 0.3) is 0 Å². The average Bonchev–Trinajstić information content (AvgIpc) is 2.40. The van der Waals surface area contributed by atoms with Crippen LogP contribution in [0.4, 0.5) is 0 Å². The summed E-state index contributed by atoms with van der Waals surface area (Å²) in [6.07, 6.45) is 0. The number of carbonyl (C=O) groups excluding carboxylic acids is 1. The molecule has 1 amide bonds. The van der Waals surface area contributed by atoms with Crippen LogP contribution in [-0.4, -0.2) is 46.7 Å². The maximum atomic E-state index is 11.9. The zero-order valence-corrected chi connectivity index (χ0v) is 9.40. The third-order valence-corrected chi connectivity index (χ3v) is 2.56. The molecule has 2 N–H and O–H groups in total. The number of hydrogen-bond acceptors (Lipinski definition) is 5. The molecule has 6 heteroatoms. The molecule has 84 valence electrons. The molecule has 1 unspecified atom stereocenters. The zero-order valence-electron chi connectivity index (χ0n) is 9.40. The van der Waals surface area contributed by atoms with Gasteiger partial charge in [0.2, 0.25) is 0 Å². The van der Waals surface area contributed by atoms with Crippen molar-refractivity contribution in [1.82, 2.24) is 10.5 Å². The van der Waals surface area contributed by atoms with Gasteiger partial charge in [0.15, 0.2) is 5.54 Å². The van der Waals surface area contributed by atoms with Gasteiger partial charge in [-0.15, -0.1) is 0 Å². The van der Waals surface area contributed by atoms with Gasteiger partial charge < -0.3 is 5.21 Å². The summed E-state index contributed by atoms with van der Waals surface area (Å²) in [4.78, 5) is 16.0. The number of aliphatic imine (C=N–C) groups is 1. The summed E-state index contributed by atoms with van der Waals surface area (Å²) < 4.78 is 0. The first kappa shape index (κ1) is 11.8. The van der Waals surface area contributed by atoms with Gasteiger partial charge >= 0.3 is 0 Å². The maximum Gasteiger partial charge on any atom is 0.276 e. The van der Waals surface area contributed by atoms with Crippen molar-refractivity contribution < 1.29 is 10.0 Å². The van der Waals surface area contributed by atoms with Crippen LogP contribution < -0.4 is 5.48 Å². The molecule has 0 fully saturated rings. The lowest BCUT2D eigenvalue weighted by molar-refractivity contribution is -0.133. The largest absolute Gasteiger partial charge is 0.315 e. The number of nitrogens with zero attached hydrogens (tertiary/aromatic N) is 3. The molecule has 15 heavy (non-hydrogen) atoms. The zero-order chi connectivity index (χ0) is 11.6. The van der Waals surface area contributed by atoms with Gasteiger partial charge in [0.05, 0.1) is 5.71 Å². The molecule has 0 saturated carbocycles. The van der Waals surface area contributed by atoms with E-state index < -0.39 is 5.54 Å². The summed E-state index contributed by atoms with van der Waals surface area (Å²) >= 11 is 0. The highest BCUT2D eigenvalue weighted by Gasteiger charge is 2.50. The SMILES string of the molecule is CCN=C(C)C1(NO)C(=O)N(C)N=C1C. The number of rotatable bonds is 3. The van der Waals surface area contributed by atoms with E-state index in [0.717, 1.165) is 0 Å². The van der Waals surface area contributed by atoms with Gasteiger partial charge in [-0.25, -0.2) is 5.01 Å². The van der Waals surface area contributed by atoms with Crippen LogP contribution >= 0.6 is 0 Å².